The Morgan fingerprint density at radius 1 is 1.17 bits per heavy atom. The largest absolute Gasteiger partial charge is 0.352 e. The normalized spacial score (nSPS) is 31.4. The van der Waals surface area contributed by atoms with Crippen molar-refractivity contribution < 1.29 is 4.79 Å². The molecule has 3 atom stereocenters. The fourth-order valence-corrected chi connectivity index (χ4v) is 2.54. The Hall–Kier alpha value is -0.650. The second kappa shape index (κ2) is 8.45. The highest BCUT2D eigenvalue weighted by molar-refractivity contribution is 5.82. The maximum Gasteiger partial charge on any atom is 0.238 e. The molecule has 4 N–H and O–H groups in total. The standard InChI is InChI=1S/C11H22N4O.C2H6/c1-12-8-4-5-9(7-8)14-11(16)10-3-2-6-13-15-10;1-2/h8-10,12-13,15H,2-7H2,1H3,(H,14,16);1-2H3. The van der Waals surface area contributed by atoms with Crippen LogP contribution in [-0.4, -0.2) is 37.6 Å². The number of nitrogens with one attached hydrogen (secondary N) is 4. The molecule has 2 rings (SSSR count). The van der Waals surface area contributed by atoms with Crippen molar-refractivity contribution in [3.63, 3.8) is 0 Å². The first-order chi connectivity index (χ1) is 8.79. The van der Waals surface area contributed by atoms with Gasteiger partial charge in [0.2, 0.25) is 5.91 Å². The molecule has 106 valence electrons. The monoisotopic (exact) mass is 256 g/mol. The molecule has 1 aliphatic heterocycles. The summed E-state index contributed by atoms with van der Waals surface area (Å²) in [6.07, 6.45) is 5.31. The van der Waals surface area contributed by atoms with Crippen LogP contribution < -0.4 is 21.5 Å². The van der Waals surface area contributed by atoms with Gasteiger partial charge in [0.15, 0.2) is 0 Å². The van der Waals surface area contributed by atoms with Gasteiger partial charge in [-0.25, -0.2) is 5.43 Å². The molecule has 0 aromatic rings. The van der Waals surface area contributed by atoms with E-state index in [0.717, 1.165) is 38.6 Å². The van der Waals surface area contributed by atoms with Gasteiger partial charge in [0.1, 0.15) is 0 Å². The van der Waals surface area contributed by atoms with Crippen molar-refractivity contribution in [2.45, 2.75) is 64.1 Å². The Morgan fingerprint density at radius 3 is 2.44 bits per heavy atom. The molecule has 2 aliphatic rings. The lowest BCUT2D eigenvalue weighted by molar-refractivity contribution is -0.124. The smallest absolute Gasteiger partial charge is 0.238 e. The molecule has 2 fully saturated rings. The van der Waals surface area contributed by atoms with E-state index in [0.29, 0.717) is 12.1 Å². The lowest BCUT2D eigenvalue weighted by atomic mass is 10.1. The first kappa shape index (κ1) is 15.4. The SMILES string of the molecule is CC.CNC1CCC(NC(=O)C2CCCNN2)C1. The number of hydrazine groups is 1. The number of carbonyl (C=O) groups is 1. The predicted octanol–water partition coefficient (Wildman–Crippen LogP) is 0.526. The summed E-state index contributed by atoms with van der Waals surface area (Å²) in [5.41, 5.74) is 6.08. The summed E-state index contributed by atoms with van der Waals surface area (Å²) < 4.78 is 0. The van der Waals surface area contributed by atoms with E-state index in [1.54, 1.807) is 0 Å². The van der Waals surface area contributed by atoms with Crippen LogP contribution in [0.2, 0.25) is 0 Å². The molecule has 5 heteroatoms. The molecule has 1 saturated heterocycles. The van der Waals surface area contributed by atoms with Gasteiger partial charge >= 0.3 is 0 Å². The molecule has 1 saturated carbocycles. The molecule has 0 aromatic carbocycles. The molecular formula is C13H28N4O. The topological polar surface area (TPSA) is 65.2 Å². The van der Waals surface area contributed by atoms with E-state index in [1.165, 1.54) is 0 Å². The van der Waals surface area contributed by atoms with E-state index in [-0.39, 0.29) is 11.9 Å². The van der Waals surface area contributed by atoms with Crippen LogP contribution >= 0.6 is 0 Å². The second-order valence-electron chi connectivity index (χ2n) is 4.77. The molecule has 18 heavy (non-hydrogen) atoms. The van der Waals surface area contributed by atoms with E-state index in [1.807, 2.05) is 20.9 Å². The molecule has 1 aliphatic carbocycles. The minimum absolute atomic E-state index is 0.0533. The minimum atomic E-state index is -0.0533. The summed E-state index contributed by atoms with van der Waals surface area (Å²) in [4.78, 5) is 11.9. The van der Waals surface area contributed by atoms with Crippen LogP contribution in [0.25, 0.3) is 0 Å². The lowest BCUT2D eigenvalue weighted by Gasteiger charge is -2.25. The van der Waals surface area contributed by atoms with E-state index in [9.17, 15) is 4.79 Å². The number of amides is 1. The van der Waals surface area contributed by atoms with E-state index in [2.05, 4.69) is 21.5 Å². The van der Waals surface area contributed by atoms with Crippen molar-refractivity contribution in [1.29, 1.82) is 0 Å². The van der Waals surface area contributed by atoms with Crippen molar-refractivity contribution in [1.82, 2.24) is 21.5 Å². The van der Waals surface area contributed by atoms with E-state index in [4.69, 9.17) is 0 Å². The van der Waals surface area contributed by atoms with Gasteiger partial charge in [-0.05, 0) is 39.2 Å². The van der Waals surface area contributed by atoms with Crippen molar-refractivity contribution in [3.8, 4) is 0 Å². The Labute approximate surface area is 110 Å². The van der Waals surface area contributed by atoms with Crippen molar-refractivity contribution in [2.24, 2.45) is 0 Å². The third kappa shape index (κ3) is 4.55. The lowest BCUT2D eigenvalue weighted by Crippen LogP contribution is -2.54. The van der Waals surface area contributed by atoms with Crippen LogP contribution in [0, 0.1) is 0 Å². The highest BCUT2D eigenvalue weighted by atomic mass is 16.2. The average Bonchev–Trinajstić information content (AvgIpc) is 2.89. The maximum absolute atomic E-state index is 11.9. The fourth-order valence-electron chi connectivity index (χ4n) is 2.54. The quantitative estimate of drug-likeness (QED) is 0.595. The predicted molar refractivity (Wildman–Crippen MR) is 74.1 cm³/mol. The second-order valence-corrected chi connectivity index (χ2v) is 4.77. The van der Waals surface area contributed by atoms with Crippen molar-refractivity contribution >= 4 is 5.91 Å². The zero-order valence-corrected chi connectivity index (χ0v) is 11.9. The molecule has 1 amide bonds. The molecular weight excluding hydrogens is 228 g/mol. The Morgan fingerprint density at radius 2 is 1.89 bits per heavy atom. The minimum Gasteiger partial charge on any atom is -0.352 e. The highest BCUT2D eigenvalue weighted by Crippen LogP contribution is 2.18. The summed E-state index contributed by atoms with van der Waals surface area (Å²) in [7, 11) is 1.99. The van der Waals surface area contributed by atoms with Crippen LogP contribution in [0.4, 0.5) is 0 Å². The van der Waals surface area contributed by atoms with Gasteiger partial charge in [-0.3, -0.25) is 10.2 Å². The summed E-state index contributed by atoms with van der Waals surface area (Å²) >= 11 is 0. The first-order valence-corrected chi connectivity index (χ1v) is 7.25. The van der Waals surface area contributed by atoms with Gasteiger partial charge in [-0.2, -0.15) is 0 Å². The summed E-state index contributed by atoms with van der Waals surface area (Å²) in [6, 6.07) is 0.874. The van der Waals surface area contributed by atoms with Crippen LogP contribution in [0.3, 0.4) is 0 Å². The third-order valence-corrected chi connectivity index (χ3v) is 3.57. The maximum atomic E-state index is 11.9. The number of carbonyl (C=O) groups excluding carboxylic acids is 1. The van der Waals surface area contributed by atoms with E-state index < -0.39 is 0 Å². The molecule has 0 radical (unpaired) electrons. The molecule has 0 spiro atoms. The summed E-state index contributed by atoms with van der Waals surface area (Å²) in [5, 5.41) is 6.40. The Bertz CT molecular complexity index is 241. The van der Waals surface area contributed by atoms with Crippen LogP contribution in [-0.2, 0) is 4.79 Å². The van der Waals surface area contributed by atoms with Gasteiger partial charge < -0.3 is 10.6 Å². The molecule has 0 bridgehead atoms. The van der Waals surface area contributed by atoms with Crippen LogP contribution in [0.15, 0.2) is 0 Å². The molecule has 5 nitrogen and oxygen atoms in total. The average molecular weight is 256 g/mol. The third-order valence-electron chi connectivity index (χ3n) is 3.57. The zero-order chi connectivity index (χ0) is 13.4. The van der Waals surface area contributed by atoms with Crippen LogP contribution in [0.5, 0.6) is 0 Å². The fraction of sp³-hybridized carbons (Fsp3) is 0.923. The number of hydrogen-bond acceptors (Lipinski definition) is 4. The highest BCUT2D eigenvalue weighted by Gasteiger charge is 2.27. The molecule has 0 aromatic heterocycles. The van der Waals surface area contributed by atoms with Gasteiger partial charge in [0.25, 0.3) is 0 Å². The Balaban J connectivity index is 0.000000771. The van der Waals surface area contributed by atoms with Gasteiger partial charge in [-0.15, -0.1) is 0 Å². The molecule has 3 unspecified atom stereocenters. The molecule has 1 heterocycles. The summed E-state index contributed by atoms with van der Waals surface area (Å²) in [6.45, 7) is 4.95. The van der Waals surface area contributed by atoms with Gasteiger partial charge in [0, 0.05) is 18.6 Å². The summed E-state index contributed by atoms with van der Waals surface area (Å²) in [5.74, 6) is 0.147. The van der Waals surface area contributed by atoms with E-state index >= 15 is 0 Å². The van der Waals surface area contributed by atoms with Crippen LogP contribution in [0.1, 0.15) is 46.0 Å². The number of rotatable bonds is 3. The number of hydrogen-bond donors (Lipinski definition) is 4. The van der Waals surface area contributed by atoms with Gasteiger partial charge in [-0.1, -0.05) is 13.8 Å². The van der Waals surface area contributed by atoms with Gasteiger partial charge in [0.05, 0.1) is 6.04 Å². The Kier molecular flexibility index (Phi) is 7.23. The van der Waals surface area contributed by atoms with Crippen molar-refractivity contribution in [2.75, 3.05) is 13.6 Å². The first-order valence-electron chi connectivity index (χ1n) is 7.25. The van der Waals surface area contributed by atoms with Crippen molar-refractivity contribution in [3.05, 3.63) is 0 Å². The zero-order valence-electron chi connectivity index (χ0n) is 11.9.